The van der Waals surface area contributed by atoms with Crippen molar-refractivity contribution in [3.63, 3.8) is 0 Å². The number of amides is 2. The van der Waals surface area contributed by atoms with Crippen molar-refractivity contribution in [2.24, 2.45) is 0 Å². The number of aryl methyl sites for hydroxylation is 1. The van der Waals surface area contributed by atoms with Gasteiger partial charge >= 0.3 is 0 Å². The molecule has 0 aliphatic heterocycles. The molecule has 3 aromatic rings. The van der Waals surface area contributed by atoms with E-state index >= 15 is 0 Å². The number of hydrogen-bond donors (Lipinski definition) is 1. The van der Waals surface area contributed by atoms with E-state index in [0.29, 0.717) is 12.1 Å². The van der Waals surface area contributed by atoms with E-state index in [2.05, 4.69) is 5.32 Å². The van der Waals surface area contributed by atoms with Crippen LogP contribution < -0.4 is 9.62 Å². The largest absolute Gasteiger partial charge is 0.352 e. The second kappa shape index (κ2) is 11.6. The molecule has 2 amide bonds. The number of sulfonamides is 1. The van der Waals surface area contributed by atoms with Gasteiger partial charge in [0.2, 0.25) is 21.8 Å². The van der Waals surface area contributed by atoms with Gasteiger partial charge in [0.25, 0.3) is 0 Å². The van der Waals surface area contributed by atoms with Gasteiger partial charge < -0.3 is 10.2 Å². The van der Waals surface area contributed by atoms with Crippen LogP contribution in [0.15, 0.2) is 66.7 Å². The van der Waals surface area contributed by atoms with Crippen molar-refractivity contribution >= 4 is 38.3 Å². The Bertz CT molecular complexity index is 1310. The molecule has 1 atom stereocenters. The Hall–Kier alpha value is -3.39. The number of hydrogen-bond acceptors (Lipinski definition) is 4. The summed E-state index contributed by atoms with van der Waals surface area (Å²) in [6.07, 6.45) is 1.48. The molecule has 0 saturated carbocycles. The van der Waals surface area contributed by atoms with E-state index < -0.39 is 28.5 Å². The van der Waals surface area contributed by atoms with Crippen molar-refractivity contribution in [1.82, 2.24) is 10.2 Å². The van der Waals surface area contributed by atoms with Crippen molar-refractivity contribution < 1.29 is 18.0 Å². The molecule has 0 heterocycles. The van der Waals surface area contributed by atoms with Crippen LogP contribution in [0.4, 0.5) is 5.69 Å². The van der Waals surface area contributed by atoms with Gasteiger partial charge in [0.15, 0.2) is 0 Å². The Morgan fingerprint density at radius 1 is 0.944 bits per heavy atom. The monoisotopic (exact) mass is 509 g/mol. The lowest BCUT2D eigenvalue weighted by molar-refractivity contribution is -0.140. The smallest absolute Gasteiger partial charge is 0.244 e. The van der Waals surface area contributed by atoms with Crippen LogP contribution >= 0.6 is 0 Å². The van der Waals surface area contributed by atoms with E-state index in [1.807, 2.05) is 82.3 Å². The third-order valence-electron chi connectivity index (χ3n) is 6.00. The van der Waals surface area contributed by atoms with E-state index in [9.17, 15) is 18.0 Å². The Morgan fingerprint density at radius 2 is 1.58 bits per heavy atom. The molecule has 0 radical (unpaired) electrons. The highest BCUT2D eigenvalue weighted by Crippen LogP contribution is 2.29. The van der Waals surface area contributed by atoms with Gasteiger partial charge in [0.1, 0.15) is 12.6 Å². The highest BCUT2D eigenvalue weighted by atomic mass is 32.2. The van der Waals surface area contributed by atoms with Gasteiger partial charge in [-0.15, -0.1) is 0 Å². The second-order valence-corrected chi connectivity index (χ2v) is 11.3. The number of rotatable bonds is 10. The predicted molar refractivity (Wildman–Crippen MR) is 145 cm³/mol. The number of anilines is 1. The average molecular weight is 510 g/mol. The summed E-state index contributed by atoms with van der Waals surface area (Å²) in [5.41, 5.74) is 2.38. The fraction of sp³-hybridized carbons (Fsp3) is 0.357. The molecule has 0 bridgehead atoms. The van der Waals surface area contributed by atoms with Gasteiger partial charge in [-0.1, -0.05) is 73.2 Å². The van der Waals surface area contributed by atoms with Crippen molar-refractivity contribution in [3.05, 3.63) is 77.9 Å². The molecule has 36 heavy (non-hydrogen) atoms. The summed E-state index contributed by atoms with van der Waals surface area (Å²) >= 11 is 0. The van der Waals surface area contributed by atoms with Crippen LogP contribution in [0.3, 0.4) is 0 Å². The van der Waals surface area contributed by atoms with Crippen LogP contribution in [-0.4, -0.2) is 50.0 Å². The van der Waals surface area contributed by atoms with Gasteiger partial charge in [-0.05, 0) is 44.2 Å². The summed E-state index contributed by atoms with van der Waals surface area (Å²) in [5.74, 6) is -0.705. The van der Waals surface area contributed by atoms with Crippen molar-refractivity contribution in [1.29, 1.82) is 0 Å². The third-order valence-corrected chi connectivity index (χ3v) is 7.13. The minimum absolute atomic E-state index is 0.0916. The van der Waals surface area contributed by atoms with Gasteiger partial charge in [0, 0.05) is 18.0 Å². The number of carbonyl (C=O) groups excluding carboxylic acids is 2. The van der Waals surface area contributed by atoms with Gasteiger partial charge in [-0.3, -0.25) is 13.9 Å². The van der Waals surface area contributed by atoms with E-state index in [1.165, 1.54) is 4.90 Å². The first-order valence-electron chi connectivity index (χ1n) is 12.1. The van der Waals surface area contributed by atoms with E-state index in [0.717, 1.165) is 32.5 Å². The summed E-state index contributed by atoms with van der Waals surface area (Å²) < 4.78 is 27.0. The Morgan fingerprint density at radius 3 is 2.19 bits per heavy atom. The summed E-state index contributed by atoms with van der Waals surface area (Å²) in [5, 5.41) is 4.50. The number of benzene rings is 3. The highest BCUT2D eigenvalue weighted by Gasteiger charge is 2.32. The molecule has 0 saturated heterocycles. The van der Waals surface area contributed by atoms with Crippen LogP contribution in [0.1, 0.15) is 38.3 Å². The van der Waals surface area contributed by atoms with Crippen molar-refractivity contribution in [2.75, 3.05) is 17.1 Å². The number of carbonyl (C=O) groups is 2. The molecule has 7 nitrogen and oxygen atoms in total. The maximum absolute atomic E-state index is 13.8. The van der Waals surface area contributed by atoms with Crippen LogP contribution in [0.2, 0.25) is 0 Å². The van der Waals surface area contributed by atoms with Crippen LogP contribution in [0.25, 0.3) is 10.8 Å². The summed E-state index contributed by atoms with van der Waals surface area (Å²) in [6.45, 7) is 7.33. The molecule has 0 aromatic heterocycles. The first-order chi connectivity index (χ1) is 17.0. The van der Waals surface area contributed by atoms with Crippen LogP contribution in [0, 0.1) is 6.92 Å². The lowest BCUT2D eigenvalue weighted by Gasteiger charge is -2.33. The summed E-state index contributed by atoms with van der Waals surface area (Å²) in [6, 6.07) is 19.7. The topological polar surface area (TPSA) is 86.8 Å². The molecule has 8 heteroatoms. The van der Waals surface area contributed by atoms with E-state index in [-0.39, 0.29) is 18.5 Å². The Balaban J connectivity index is 2.02. The van der Waals surface area contributed by atoms with Gasteiger partial charge in [0.05, 0.1) is 11.9 Å². The minimum atomic E-state index is -3.80. The summed E-state index contributed by atoms with van der Waals surface area (Å²) in [7, 11) is -3.80. The first-order valence-corrected chi connectivity index (χ1v) is 14.0. The molecule has 3 rings (SSSR count). The second-order valence-electron chi connectivity index (χ2n) is 9.36. The molecule has 1 N–H and O–H groups in total. The molecular weight excluding hydrogens is 474 g/mol. The molecular formula is C28H35N3O4S. The fourth-order valence-corrected chi connectivity index (χ4v) is 5.07. The van der Waals surface area contributed by atoms with Crippen molar-refractivity contribution in [3.8, 4) is 0 Å². The van der Waals surface area contributed by atoms with E-state index in [1.54, 1.807) is 12.1 Å². The zero-order valence-corrected chi connectivity index (χ0v) is 22.4. The fourth-order valence-electron chi connectivity index (χ4n) is 4.21. The maximum atomic E-state index is 13.8. The van der Waals surface area contributed by atoms with Gasteiger partial charge in [-0.2, -0.15) is 0 Å². The van der Waals surface area contributed by atoms with E-state index in [4.69, 9.17) is 0 Å². The molecule has 0 spiro atoms. The molecule has 0 aliphatic rings. The quantitative estimate of drug-likeness (QED) is 0.443. The molecule has 0 aliphatic carbocycles. The third kappa shape index (κ3) is 6.63. The van der Waals surface area contributed by atoms with Crippen LogP contribution in [0.5, 0.6) is 0 Å². The first kappa shape index (κ1) is 27.2. The number of nitrogens with zero attached hydrogens (tertiary/aromatic N) is 2. The average Bonchev–Trinajstić information content (AvgIpc) is 2.82. The molecule has 0 fully saturated rings. The molecule has 0 unspecified atom stereocenters. The number of fused-ring (bicyclic) bond motifs is 1. The normalized spacial score (nSPS) is 12.4. The lowest BCUT2D eigenvalue weighted by Crippen LogP contribution is -2.53. The minimum Gasteiger partial charge on any atom is -0.352 e. The summed E-state index contributed by atoms with van der Waals surface area (Å²) in [4.78, 5) is 28.4. The van der Waals surface area contributed by atoms with Gasteiger partial charge in [-0.25, -0.2) is 8.42 Å². The zero-order valence-electron chi connectivity index (χ0n) is 21.6. The maximum Gasteiger partial charge on any atom is 0.244 e. The van der Waals surface area contributed by atoms with Crippen LogP contribution in [-0.2, 0) is 26.2 Å². The molecule has 192 valence electrons. The predicted octanol–water partition coefficient (Wildman–Crippen LogP) is 4.25. The standard InChI is InChI=1S/C28H35N3O4S/c1-6-25(28(33)29-20(2)3)30(18-22-16-14-21(4)15-17-22)27(32)19-31(36(5,34)35)26-13-9-11-23-10-7-8-12-24(23)26/h7-17,20,25H,6,18-19H2,1-5H3,(H,29,33)/t25-/m0/s1. The lowest BCUT2D eigenvalue weighted by atomic mass is 10.1. The Kier molecular flexibility index (Phi) is 8.74. The highest BCUT2D eigenvalue weighted by molar-refractivity contribution is 7.92. The molecule has 3 aromatic carbocycles. The zero-order chi connectivity index (χ0) is 26.5. The Labute approximate surface area is 214 Å². The SMILES string of the molecule is CC[C@@H](C(=O)NC(C)C)N(Cc1ccc(C)cc1)C(=O)CN(c1cccc2ccccc12)S(C)(=O)=O. The van der Waals surface area contributed by atoms with Crippen molar-refractivity contribution in [2.45, 2.75) is 52.7 Å². The number of nitrogens with one attached hydrogen (secondary N) is 1.